The van der Waals surface area contributed by atoms with Crippen LogP contribution >= 0.6 is 0 Å². The zero-order valence-corrected chi connectivity index (χ0v) is 29.9. The minimum atomic E-state index is -0.00606. The van der Waals surface area contributed by atoms with Crippen LogP contribution in [0.25, 0.3) is 61.3 Å². The maximum absolute atomic E-state index is 6.78. The molecule has 6 aromatic carbocycles. The fraction of sp³-hybridized carbons (Fsp3) is 0.0833. The van der Waals surface area contributed by atoms with Gasteiger partial charge in [0.1, 0.15) is 17.3 Å². The molecule has 5 nitrogen and oxygen atoms in total. The van der Waals surface area contributed by atoms with Crippen molar-refractivity contribution in [3.05, 3.63) is 188 Å². The Labute approximate surface area is 309 Å². The van der Waals surface area contributed by atoms with Gasteiger partial charge in [-0.2, -0.15) is 0 Å². The Balaban J connectivity index is 1.14. The van der Waals surface area contributed by atoms with Crippen LogP contribution in [0.1, 0.15) is 26.3 Å². The van der Waals surface area contributed by atoms with Crippen molar-refractivity contribution in [3.8, 4) is 50.9 Å². The summed E-state index contributed by atoms with van der Waals surface area (Å²) in [5.74, 6) is 2.36. The molecule has 0 bridgehead atoms. The summed E-state index contributed by atoms with van der Waals surface area (Å²) in [5.41, 5.74) is 9.83. The molecule has 0 radical (unpaired) electrons. The van der Waals surface area contributed by atoms with Crippen molar-refractivity contribution < 1.29 is 9.30 Å². The molecule has 0 aliphatic carbocycles. The lowest BCUT2D eigenvalue weighted by Gasteiger charge is -2.20. The third kappa shape index (κ3) is 6.17. The Kier molecular flexibility index (Phi) is 7.97. The van der Waals surface area contributed by atoms with Crippen LogP contribution in [0, 0.1) is 6.33 Å². The molecule has 9 rings (SSSR count). The predicted octanol–water partition coefficient (Wildman–Crippen LogP) is 11.5. The number of hydrogen-bond acceptors (Lipinski definition) is 2. The Morgan fingerprint density at radius 3 is 2.13 bits per heavy atom. The Bertz CT molecular complexity index is 2740. The molecule has 0 amide bonds. The van der Waals surface area contributed by atoms with Gasteiger partial charge in [0.25, 0.3) is 6.33 Å². The quantitative estimate of drug-likeness (QED) is 0.124. The third-order valence-corrected chi connectivity index (χ3v) is 9.83. The maximum atomic E-state index is 6.78. The normalized spacial score (nSPS) is 11.7. The highest BCUT2D eigenvalue weighted by Gasteiger charge is 2.19. The van der Waals surface area contributed by atoms with Crippen molar-refractivity contribution in [1.29, 1.82) is 0 Å². The lowest BCUT2D eigenvalue weighted by molar-refractivity contribution is -0.598. The number of fused-ring (bicyclic) bond motifs is 3. The minimum absolute atomic E-state index is 0.00606. The molecule has 9 aromatic rings. The second-order valence-corrected chi connectivity index (χ2v) is 14.4. The smallest absolute Gasteiger partial charge is 0.268 e. The first-order valence-corrected chi connectivity index (χ1v) is 18.0. The number of pyridine rings is 1. The Morgan fingerprint density at radius 2 is 1.32 bits per heavy atom. The van der Waals surface area contributed by atoms with Crippen LogP contribution in [0.4, 0.5) is 0 Å². The van der Waals surface area contributed by atoms with E-state index in [1.807, 2.05) is 39.9 Å². The highest BCUT2D eigenvalue weighted by atomic mass is 16.5. The van der Waals surface area contributed by atoms with Gasteiger partial charge < -0.3 is 4.74 Å². The largest absolute Gasteiger partial charge is 0.458 e. The number of rotatable bonds is 7. The van der Waals surface area contributed by atoms with Crippen molar-refractivity contribution in [2.75, 3.05) is 0 Å². The second-order valence-electron chi connectivity index (χ2n) is 14.4. The topological polar surface area (TPSA) is 35.9 Å². The van der Waals surface area contributed by atoms with Gasteiger partial charge in [-0.25, -0.2) is 4.98 Å². The Hall–Kier alpha value is -6.72. The van der Waals surface area contributed by atoms with Gasteiger partial charge in [-0.3, -0.25) is 13.7 Å². The number of hydrogen-bond donors (Lipinski definition) is 0. The second kappa shape index (κ2) is 13.1. The number of nitrogens with zero attached hydrogens (tertiary/aromatic N) is 4. The van der Waals surface area contributed by atoms with Crippen molar-refractivity contribution >= 4 is 21.8 Å². The molecule has 0 spiro atoms. The van der Waals surface area contributed by atoms with Crippen LogP contribution in [0.15, 0.2) is 176 Å². The molecule has 0 aliphatic heterocycles. The van der Waals surface area contributed by atoms with Crippen LogP contribution in [0.2, 0.25) is 0 Å². The first kappa shape index (κ1) is 32.2. The van der Waals surface area contributed by atoms with Gasteiger partial charge in [0.2, 0.25) is 0 Å². The van der Waals surface area contributed by atoms with E-state index in [9.17, 15) is 0 Å². The number of para-hydroxylation sites is 2. The maximum Gasteiger partial charge on any atom is 0.268 e. The van der Waals surface area contributed by atoms with Crippen LogP contribution in [0.3, 0.4) is 0 Å². The fourth-order valence-electron chi connectivity index (χ4n) is 7.12. The number of benzene rings is 6. The zero-order chi connectivity index (χ0) is 35.9. The van der Waals surface area contributed by atoms with Crippen LogP contribution in [-0.2, 0) is 5.41 Å². The first-order valence-electron chi connectivity index (χ1n) is 18.0. The fourth-order valence-corrected chi connectivity index (χ4v) is 7.12. The summed E-state index contributed by atoms with van der Waals surface area (Å²) in [7, 11) is 0. The zero-order valence-electron chi connectivity index (χ0n) is 29.9. The highest BCUT2D eigenvalue weighted by molar-refractivity contribution is 6.09. The van der Waals surface area contributed by atoms with Crippen LogP contribution < -0.4 is 9.30 Å². The summed E-state index contributed by atoms with van der Waals surface area (Å²) >= 11 is 0. The van der Waals surface area contributed by atoms with Crippen LogP contribution in [0.5, 0.6) is 11.5 Å². The first-order chi connectivity index (χ1) is 25.9. The van der Waals surface area contributed by atoms with Gasteiger partial charge in [0.05, 0.1) is 22.4 Å². The van der Waals surface area contributed by atoms with Gasteiger partial charge in [0.15, 0.2) is 0 Å². The summed E-state index contributed by atoms with van der Waals surface area (Å²) in [5, 5.41) is 2.33. The van der Waals surface area contributed by atoms with Crippen molar-refractivity contribution in [2.24, 2.45) is 0 Å². The molecule has 5 heteroatoms. The summed E-state index contributed by atoms with van der Waals surface area (Å²) in [6.45, 7) is 6.70. The van der Waals surface area contributed by atoms with E-state index in [1.54, 1.807) is 0 Å². The van der Waals surface area contributed by atoms with Crippen molar-refractivity contribution in [1.82, 2.24) is 14.1 Å². The number of imidazole rings is 1. The van der Waals surface area contributed by atoms with E-state index in [2.05, 4.69) is 177 Å². The number of aromatic nitrogens is 4. The van der Waals surface area contributed by atoms with Gasteiger partial charge >= 0.3 is 0 Å². The average molecular weight is 687 g/mol. The molecule has 0 atom stereocenters. The molecule has 0 unspecified atom stereocenters. The molecule has 0 aliphatic rings. The van der Waals surface area contributed by atoms with E-state index in [0.717, 1.165) is 67.4 Å². The monoisotopic (exact) mass is 686 g/mol. The molecule has 53 heavy (non-hydrogen) atoms. The third-order valence-electron chi connectivity index (χ3n) is 9.83. The van der Waals surface area contributed by atoms with E-state index >= 15 is 0 Å². The lowest BCUT2D eigenvalue weighted by atomic mass is 9.88. The molecule has 0 saturated heterocycles. The lowest BCUT2D eigenvalue weighted by Crippen LogP contribution is -2.29. The standard InChI is InChI=1S/C48H38N4O/c1-48(2,3)37-24-25-49-47(30-37)52-45-21-13-11-19-42(45)43-23-22-39(32-46(43)52)53-40-29-36(34-14-6-4-7-15-34)28-38(31-40)50-26-27-51(33-50)44-20-12-10-18-41(44)35-16-8-5-9-17-35/h4-32H,1-3H3. The molecule has 3 aromatic heterocycles. The van der Waals surface area contributed by atoms with Crippen LogP contribution in [-0.4, -0.2) is 14.1 Å². The van der Waals surface area contributed by atoms with Gasteiger partial charge in [-0.1, -0.05) is 118 Å². The molecular formula is C48H38N4O. The van der Waals surface area contributed by atoms with E-state index in [-0.39, 0.29) is 5.41 Å². The summed E-state index contributed by atoms with van der Waals surface area (Å²) in [6, 6.07) is 54.8. The van der Waals surface area contributed by atoms with E-state index in [0.29, 0.717) is 0 Å². The summed E-state index contributed by atoms with van der Waals surface area (Å²) in [6.07, 6.45) is 9.57. The van der Waals surface area contributed by atoms with Crippen molar-refractivity contribution in [3.63, 3.8) is 0 Å². The average Bonchev–Trinajstić information content (AvgIpc) is 3.82. The molecular weight excluding hydrogens is 649 g/mol. The van der Waals surface area contributed by atoms with Crippen molar-refractivity contribution in [2.45, 2.75) is 26.2 Å². The molecule has 0 fully saturated rings. The summed E-state index contributed by atoms with van der Waals surface area (Å²) in [4.78, 5) is 4.86. The predicted molar refractivity (Wildman–Crippen MR) is 214 cm³/mol. The van der Waals surface area contributed by atoms with Gasteiger partial charge in [-0.05, 0) is 87.8 Å². The molecule has 3 heterocycles. The Morgan fingerprint density at radius 1 is 0.604 bits per heavy atom. The molecule has 0 saturated carbocycles. The highest BCUT2D eigenvalue weighted by Crippen LogP contribution is 2.37. The SMILES string of the molecule is CC(C)(C)c1ccnc(-n2c3ccccc3c3ccc(Oc4cc(-c5ccccc5)cc(-n5[c-][n+](-c6ccccc6-c6ccccc6)cc5)c4)cc32)c1. The van der Waals surface area contributed by atoms with Gasteiger partial charge in [0, 0.05) is 35.4 Å². The van der Waals surface area contributed by atoms with E-state index in [1.165, 1.54) is 10.9 Å². The number of ether oxygens (including phenoxy) is 1. The minimum Gasteiger partial charge on any atom is -0.458 e. The van der Waals surface area contributed by atoms with Gasteiger partial charge in [-0.15, -0.1) is 0 Å². The molecule has 0 N–H and O–H groups in total. The van der Waals surface area contributed by atoms with E-state index < -0.39 is 0 Å². The molecule has 256 valence electrons. The van der Waals surface area contributed by atoms with E-state index in [4.69, 9.17) is 9.72 Å². The summed E-state index contributed by atoms with van der Waals surface area (Å²) < 4.78 is 13.1.